The molecule has 0 saturated carbocycles. The lowest BCUT2D eigenvalue weighted by atomic mass is 10.2. The molecule has 4 nitrogen and oxygen atoms in total. The zero-order valence-corrected chi connectivity index (χ0v) is 11.9. The molecule has 0 aromatic carbocycles. The van der Waals surface area contributed by atoms with Crippen molar-refractivity contribution in [1.29, 1.82) is 0 Å². The predicted molar refractivity (Wildman–Crippen MR) is 72.3 cm³/mol. The molecule has 0 saturated heterocycles. The molecule has 2 aromatic heterocycles. The Hall–Kier alpha value is -1.26. The van der Waals surface area contributed by atoms with E-state index in [9.17, 15) is 0 Å². The first-order valence-corrected chi connectivity index (χ1v) is 6.23. The lowest BCUT2D eigenvalue weighted by Crippen LogP contribution is -2.04. The van der Waals surface area contributed by atoms with Crippen LogP contribution in [0.1, 0.15) is 22.6 Å². The van der Waals surface area contributed by atoms with Crippen molar-refractivity contribution in [3.8, 4) is 0 Å². The second kappa shape index (κ2) is 5.16. The number of halogens is 2. The van der Waals surface area contributed by atoms with E-state index in [1.807, 2.05) is 20.8 Å². The van der Waals surface area contributed by atoms with Crippen LogP contribution in [0.25, 0.3) is 0 Å². The highest BCUT2D eigenvalue weighted by Crippen LogP contribution is 2.27. The first-order chi connectivity index (χ1) is 8.49. The fourth-order valence-corrected chi connectivity index (χ4v) is 2.34. The molecular formula is C12H13Cl2N3O. The predicted octanol–water partition coefficient (Wildman–Crippen LogP) is 3.91. The van der Waals surface area contributed by atoms with E-state index in [0.717, 1.165) is 28.3 Å². The SMILES string of the molecule is Cc1cc(Cl)nc(Cl)c1NCc1c(C)noc1C. The largest absolute Gasteiger partial charge is 0.378 e. The molecule has 0 aliphatic carbocycles. The molecule has 0 fully saturated rings. The Labute approximate surface area is 115 Å². The van der Waals surface area contributed by atoms with Crippen LogP contribution in [-0.2, 0) is 6.54 Å². The Bertz CT molecular complexity index is 538. The minimum Gasteiger partial charge on any atom is -0.378 e. The maximum atomic E-state index is 6.06. The summed E-state index contributed by atoms with van der Waals surface area (Å²) in [5.41, 5.74) is 3.63. The number of nitrogens with zero attached hydrogens (tertiary/aromatic N) is 2. The molecule has 2 aromatic rings. The molecule has 0 atom stereocenters. The zero-order chi connectivity index (χ0) is 13.3. The van der Waals surface area contributed by atoms with Gasteiger partial charge in [-0.05, 0) is 32.4 Å². The van der Waals surface area contributed by atoms with Crippen molar-refractivity contribution in [1.82, 2.24) is 10.1 Å². The number of nitrogens with one attached hydrogen (secondary N) is 1. The lowest BCUT2D eigenvalue weighted by molar-refractivity contribution is 0.392. The quantitative estimate of drug-likeness (QED) is 0.869. The first-order valence-electron chi connectivity index (χ1n) is 5.47. The Morgan fingerprint density at radius 3 is 2.56 bits per heavy atom. The summed E-state index contributed by atoms with van der Waals surface area (Å²) in [6, 6.07) is 1.77. The van der Waals surface area contributed by atoms with Gasteiger partial charge in [0, 0.05) is 12.1 Å². The fraction of sp³-hybridized carbons (Fsp3) is 0.333. The third-order valence-corrected chi connectivity index (χ3v) is 3.23. The summed E-state index contributed by atoms with van der Waals surface area (Å²) in [4.78, 5) is 4.01. The fourth-order valence-electron chi connectivity index (χ4n) is 1.74. The van der Waals surface area contributed by atoms with Crippen molar-refractivity contribution in [3.63, 3.8) is 0 Å². The molecule has 2 rings (SSSR count). The number of rotatable bonds is 3. The van der Waals surface area contributed by atoms with Gasteiger partial charge >= 0.3 is 0 Å². The Morgan fingerprint density at radius 1 is 1.28 bits per heavy atom. The maximum Gasteiger partial charge on any atom is 0.154 e. The van der Waals surface area contributed by atoms with E-state index >= 15 is 0 Å². The molecule has 0 spiro atoms. The summed E-state index contributed by atoms with van der Waals surface area (Å²) < 4.78 is 5.10. The van der Waals surface area contributed by atoms with Crippen LogP contribution < -0.4 is 5.32 Å². The van der Waals surface area contributed by atoms with Crippen molar-refractivity contribution >= 4 is 28.9 Å². The third kappa shape index (κ3) is 2.60. The number of aryl methyl sites for hydroxylation is 3. The van der Waals surface area contributed by atoms with Gasteiger partial charge in [0.1, 0.15) is 10.9 Å². The highest BCUT2D eigenvalue weighted by molar-refractivity contribution is 6.34. The van der Waals surface area contributed by atoms with E-state index in [1.165, 1.54) is 0 Å². The average Bonchev–Trinajstić information content (AvgIpc) is 2.58. The van der Waals surface area contributed by atoms with Crippen LogP contribution >= 0.6 is 23.2 Å². The minimum absolute atomic E-state index is 0.367. The summed E-state index contributed by atoms with van der Waals surface area (Å²) in [6.45, 7) is 6.30. The van der Waals surface area contributed by atoms with Crippen LogP contribution in [0.5, 0.6) is 0 Å². The van der Waals surface area contributed by atoms with Gasteiger partial charge < -0.3 is 9.84 Å². The van der Waals surface area contributed by atoms with E-state index in [1.54, 1.807) is 6.07 Å². The van der Waals surface area contributed by atoms with Gasteiger partial charge in [0.25, 0.3) is 0 Å². The topological polar surface area (TPSA) is 51.0 Å². The van der Waals surface area contributed by atoms with Crippen molar-refractivity contribution in [2.75, 3.05) is 5.32 Å². The van der Waals surface area contributed by atoms with Gasteiger partial charge in [-0.3, -0.25) is 0 Å². The number of hydrogen-bond donors (Lipinski definition) is 1. The van der Waals surface area contributed by atoms with E-state index in [0.29, 0.717) is 16.9 Å². The Kier molecular flexibility index (Phi) is 3.78. The van der Waals surface area contributed by atoms with Crippen LogP contribution in [-0.4, -0.2) is 10.1 Å². The average molecular weight is 286 g/mol. The molecular weight excluding hydrogens is 273 g/mol. The summed E-state index contributed by atoms with van der Waals surface area (Å²) >= 11 is 11.9. The molecule has 0 radical (unpaired) electrons. The van der Waals surface area contributed by atoms with E-state index < -0.39 is 0 Å². The van der Waals surface area contributed by atoms with Gasteiger partial charge in [0.2, 0.25) is 0 Å². The Balaban J connectivity index is 2.21. The number of aromatic nitrogens is 2. The van der Waals surface area contributed by atoms with Crippen molar-refractivity contribution in [2.24, 2.45) is 0 Å². The highest BCUT2D eigenvalue weighted by Gasteiger charge is 2.11. The molecule has 0 unspecified atom stereocenters. The molecule has 96 valence electrons. The molecule has 2 heterocycles. The van der Waals surface area contributed by atoms with Gasteiger partial charge in [-0.1, -0.05) is 28.4 Å². The number of pyridine rings is 1. The van der Waals surface area contributed by atoms with Crippen LogP contribution in [0.3, 0.4) is 0 Å². The lowest BCUT2D eigenvalue weighted by Gasteiger charge is -2.11. The summed E-state index contributed by atoms with van der Waals surface area (Å²) in [6.07, 6.45) is 0. The normalized spacial score (nSPS) is 10.7. The smallest absolute Gasteiger partial charge is 0.154 e. The number of anilines is 1. The molecule has 6 heteroatoms. The van der Waals surface area contributed by atoms with Gasteiger partial charge in [0.15, 0.2) is 5.15 Å². The Morgan fingerprint density at radius 2 is 2.00 bits per heavy atom. The monoisotopic (exact) mass is 285 g/mol. The van der Waals surface area contributed by atoms with Gasteiger partial charge in [-0.25, -0.2) is 4.98 Å². The standard InChI is InChI=1S/C12H13Cl2N3O/c1-6-4-10(13)16-12(14)11(6)15-5-9-7(2)17-18-8(9)3/h4,15H,5H2,1-3H3. The van der Waals surface area contributed by atoms with Crippen molar-refractivity contribution in [2.45, 2.75) is 27.3 Å². The van der Waals surface area contributed by atoms with E-state index in [4.69, 9.17) is 27.7 Å². The summed E-state index contributed by atoms with van der Waals surface area (Å²) in [5.74, 6) is 0.802. The summed E-state index contributed by atoms with van der Waals surface area (Å²) in [7, 11) is 0. The molecule has 0 aliphatic rings. The van der Waals surface area contributed by atoms with Crippen LogP contribution in [0.15, 0.2) is 10.6 Å². The van der Waals surface area contributed by atoms with Crippen molar-refractivity contribution < 1.29 is 4.52 Å². The maximum absolute atomic E-state index is 6.06. The van der Waals surface area contributed by atoms with Crippen LogP contribution in [0.2, 0.25) is 10.3 Å². The molecule has 0 amide bonds. The minimum atomic E-state index is 0.367. The zero-order valence-electron chi connectivity index (χ0n) is 10.3. The highest BCUT2D eigenvalue weighted by atomic mass is 35.5. The third-order valence-electron chi connectivity index (χ3n) is 2.76. The van der Waals surface area contributed by atoms with Gasteiger partial charge in [-0.15, -0.1) is 0 Å². The molecule has 0 bridgehead atoms. The van der Waals surface area contributed by atoms with E-state index in [2.05, 4.69) is 15.5 Å². The van der Waals surface area contributed by atoms with Gasteiger partial charge in [0.05, 0.1) is 11.4 Å². The van der Waals surface area contributed by atoms with Crippen molar-refractivity contribution in [3.05, 3.63) is 39.0 Å². The number of hydrogen-bond acceptors (Lipinski definition) is 4. The van der Waals surface area contributed by atoms with Gasteiger partial charge in [-0.2, -0.15) is 0 Å². The second-order valence-corrected chi connectivity index (χ2v) is 4.83. The first kappa shape index (κ1) is 13.2. The van der Waals surface area contributed by atoms with Crippen LogP contribution in [0, 0.1) is 20.8 Å². The molecule has 0 aliphatic heterocycles. The van der Waals surface area contributed by atoms with Crippen LogP contribution in [0.4, 0.5) is 5.69 Å². The van der Waals surface area contributed by atoms with E-state index in [-0.39, 0.29) is 0 Å². The summed E-state index contributed by atoms with van der Waals surface area (Å²) in [5, 5.41) is 7.90. The molecule has 1 N–H and O–H groups in total. The second-order valence-electron chi connectivity index (χ2n) is 4.08. The molecule has 18 heavy (non-hydrogen) atoms.